The zero-order valence-electron chi connectivity index (χ0n) is 9.04. The van der Waals surface area contributed by atoms with E-state index in [9.17, 15) is 0 Å². The first kappa shape index (κ1) is 10.8. The maximum absolute atomic E-state index is 5.57. The van der Waals surface area contributed by atoms with E-state index in [4.69, 9.17) is 4.74 Å². The third-order valence-electron chi connectivity index (χ3n) is 3.67. The SMILES string of the molecule is CC(CS)CN1CCCC12CCOC2. The Labute approximate surface area is 92.4 Å². The molecule has 2 atom stereocenters. The molecule has 0 N–H and O–H groups in total. The quantitative estimate of drug-likeness (QED) is 0.721. The number of thiol groups is 1. The van der Waals surface area contributed by atoms with Crippen LogP contribution in [0.2, 0.25) is 0 Å². The lowest BCUT2D eigenvalue weighted by Crippen LogP contribution is -2.46. The average molecular weight is 215 g/mol. The van der Waals surface area contributed by atoms with Crippen molar-refractivity contribution in [3.8, 4) is 0 Å². The van der Waals surface area contributed by atoms with E-state index >= 15 is 0 Å². The molecule has 2 saturated heterocycles. The monoisotopic (exact) mass is 215 g/mol. The largest absolute Gasteiger partial charge is 0.379 e. The van der Waals surface area contributed by atoms with E-state index in [-0.39, 0.29) is 0 Å². The zero-order valence-corrected chi connectivity index (χ0v) is 9.93. The normalized spacial score (nSPS) is 35.6. The van der Waals surface area contributed by atoms with Gasteiger partial charge in [-0.2, -0.15) is 12.6 Å². The predicted molar refractivity (Wildman–Crippen MR) is 62.0 cm³/mol. The van der Waals surface area contributed by atoms with Gasteiger partial charge >= 0.3 is 0 Å². The number of likely N-dealkylation sites (tertiary alicyclic amines) is 1. The zero-order chi connectivity index (χ0) is 10.0. The summed E-state index contributed by atoms with van der Waals surface area (Å²) < 4.78 is 5.57. The van der Waals surface area contributed by atoms with Crippen molar-refractivity contribution in [2.24, 2.45) is 5.92 Å². The summed E-state index contributed by atoms with van der Waals surface area (Å²) >= 11 is 4.36. The second-order valence-electron chi connectivity index (χ2n) is 4.86. The molecule has 2 rings (SSSR count). The Morgan fingerprint density at radius 2 is 2.36 bits per heavy atom. The van der Waals surface area contributed by atoms with Gasteiger partial charge in [-0.3, -0.25) is 4.90 Å². The molecule has 14 heavy (non-hydrogen) atoms. The van der Waals surface area contributed by atoms with Crippen LogP contribution < -0.4 is 0 Å². The van der Waals surface area contributed by atoms with Crippen LogP contribution in [0.1, 0.15) is 26.2 Å². The van der Waals surface area contributed by atoms with Crippen molar-refractivity contribution in [1.29, 1.82) is 0 Å². The molecule has 0 amide bonds. The molecule has 0 saturated carbocycles. The van der Waals surface area contributed by atoms with Crippen LogP contribution in [-0.2, 0) is 4.74 Å². The summed E-state index contributed by atoms with van der Waals surface area (Å²) in [4.78, 5) is 2.65. The average Bonchev–Trinajstić information content (AvgIpc) is 2.79. The Kier molecular flexibility index (Phi) is 3.40. The van der Waals surface area contributed by atoms with Gasteiger partial charge in [-0.05, 0) is 37.5 Å². The van der Waals surface area contributed by atoms with Crippen LogP contribution in [0.5, 0.6) is 0 Å². The van der Waals surface area contributed by atoms with Crippen LogP contribution in [0, 0.1) is 5.92 Å². The Morgan fingerprint density at radius 1 is 1.50 bits per heavy atom. The summed E-state index contributed by atoms with van der Waals surface area (Å²) in [5.41, 5.74) is 0.414. The summed E-state index contributed by atoms with van der Waals surface area (Å²) in [5.74, 6) is 1.70. The van der Waals surface area contributed by atoms with Crippen molar-refractivity contribution in [3.05, 3.63) is 0 Å². The van der Waals surface area contributed by atoms with Crippen molar-refractivity contribution < 1.29 is 4.74 Å². The highest BCUT2D eigenvalue weighted by Crippen LogP contribution is 2.36. The molecule has 2 aliphatic rings. The standard InChI is InChI=1S/C11H21NOS/c1-10(8-14)7-12-5-2-3-11(12)4-6-13-9-11/h10,14H,2-9H2,1H3. The molecular weight excluding hydrogens is 194 g/mol. The van der Waals surface area contributed by atoms with Gasteiger partial charge in [0.25, 0.3) is 0 Å². The molecule has 2 nitrogen and oxygen atoms in total. The van der Waals surface area contributed by atoms with Gasteiger partial charge in [-0.15, -0.1) is 0 Å². The molecule has 0 radical (unpaired) electrons. The topological polar surface area (TPSA) is 12.5 Å². The number of hydrogen-bond acceptors (Lipinski definition) is 3. The Bertz CT molecular complexity index is 186. The summed E-state index contributed by atoms with van der Waals surface area (Å²) in [5, 5.41) is 0. The fourth-order valence-electron chi connectivity index (χ4n) is 2.76. The van der Waals surface area contributed by atoms with Crippen LogP contribution in [0.15, 0.2) is 0 Å². The molecule has 3 heteroatoms. The molecule has 2 unspecified atom stereocenters. The molecular formula is C11H21NOS. The van der Waals surface area contributed by atoms with Gasteiger partial charge in [0.05, 0.1) is 6.61 Å². The van der Waals surface area contributed by atoms with Crippen LogP contribution in [0.4, 0.5) is 0 Å². The van der Waals surface area contributed by atoms with Gasteiger partial charge in [-0.1, -0.05) is 6.92 Å². The molecule has 2 fully saturated rings. The first-order valence-electron chi connectivity index (χ1n) is 5.70. The minimum atomic E-state index is 0.414. The fourth-order valence-corrected chi connectivity index (χ4v) is 2.87. The molecule has 0 bridgehead atoms. The highest BCUT2D eigenvalue weighted by Gasteiger charge is 2.43. The second kappa shape index (κ2) is 4.42. The number of nitrogens with zero attached hydrogens (tertiary/aromatic N) is 1. The third-order valence-corrected chi connectivity index (χ3v) is 4.29. The van der Waals surface area contributed by atoms with E-state index in [1.807, 2.05) is 0 Å². The summed E-state index contributed by atoms with van der Waals surface area (Å²) in [6, 6.07) is 0. The van der Waals surface area contributed by atoms with Crippen molar-refractivity contribution in [3.63, 3.8) is 0 Å². The summed E-state index contributed by atoms with van der Waals surface area (Å²) in [6.45, 7) is 6.68. The fraction of sp³-hybridized carbons (Fsp3) is 1.00. The van der Waals surface area contributed by atoms with Gasteiger partial charge in [0.15, 0.2) is 0 Å². The lowest BCUT2D eigenvalue weighted by atomic mass is 9.95. The number of ether oxygens (including phenoxy) is 1. The van der Waals surface area contributed by atoms with Crippen LogP contribution in [0.3, 0.4) is 0 Å². The molecule has 82 valence electrons. The van der Waals surface area contributed by atoms with Gasteiger partial charge in [-0.25, -0.2) is 0 Å². The Hall–Kier alpha value is 0.270. The number of rotatable bonds is 3. The first-order chi connectivity index (χ1) is 6.77. The molecule has 2 heterocycles. The van der Waals surface area contributed by atoms with Crippen molar-refractivity contribution in [2.45, 2.75) is 31.7 Å². The van der Waals surface area contributed by atoms with E-state index in [1.165, 1.54) is 32.4 Å². The smallest absolute Gasteiger partial charge is 0.0651 e. The Morgan fingerprint density at radius 3 is 3.00 bits per heavy atom. The van der Waals surface area contributed by atoms with E-state index < -0.39 is 0 Å². The summed E-state index contributed by atoms with van der Waals surface area (Å²) in [6.07, 6.45) is 3.93. The van der Waals surface area contributed by atoms with Crippen LogP contribution in [0.25, 0.3) is 0 Å². The van der Waals surface area contributed by atoms with E-state index in [0.29, 0.717) is 11.5 Å². The lowest BCUT2D eigenvalue weighted by Gasteiger charge is -2.35. The van der Waals surface area contributed by atoms with Gasteiger partial charge < -0.3 is 4.74 Å². The highest BCUT2D eigenvalue weighted by atomic mass is 32.1. The number of hydrogen-bond donors (Lipinski definition) is 1. The van der Waals surface area contributed by atoms with E-state index in [0.717, 1.165) is 19.0 Å². The van der Waals surface area contributed by atoms with Gasteiger partial charge in [0, 0.05) is 18.7 Å². The lowest BCUT2D eigenvalue weighted by molar-refractivity contribution is 0.0929. The third kappa shape index (κ3) is 1.95. The van der Waals surface area contributed by atoms with Gasteiger partial charge in [0.1, 0.15) is 0 Å². The van der Waals surface area contributed by atoms with E-state index in [2.05, 4.69) is 24.5 Å². The van der Waals surface area contributed by atoms with Crippen LogP contribution >= 0.6 is 12.6 Å². The Balaban J connectivity index is 1.96. The molecule has 0 aromatic carbocycles. The first-order valence-corrected chi connectivity index (χ1v) is 6.34. The predicted octanol–water partition coefficient (Wildman–Crippen LogP) is 1.81. The maximum Gasteiger partial charge on any atom is 0.0651 e. The second-order valence-corrected chi connectivity index (χ2v) is 5.23. The van der Waals surface area contributed by atoms with Gasteiger partial charge in [0.2, 0.25) is 0 Å². The minimum Gasteiger partial charge on any atom is -0.379 e. The molecule has 0 aromatic heterocycles. The van der Waals surface area contributed by atoms with E-state index in [1.54, 1.807) is 0 Å². The highest BCUT2D eigenvalue weighted by molar-refractivity contribution is 7.80. The molecule has 2 aliphatic heterocycles. The molecule has 0 aromatic rings. The van der Waals surface area contributed by atoms with Crippen molar-refractivity contribution in [2.75, 3.05) is 32.1 Å². The summed E-state index contributed by atoms with van der Waals surface area (Å²) in [7, 11) is 0. The minimum absolute atomic E-state index is 0.414. The van der Waals surface area contributed by atoms with Crippen molar-refractivity contribution in [1.82, 2.24) is 4.90 Å². The van der Waals surface area contributed by atoms with Crippen LogP contribution in [-0.4, -0.2) is 42.5 Å². The van der Waals surface area contributed by atoms with Crippen molar-refractivity contribution >= 4 is 12.6 Å². The molecule has 0 aliphatic carbocycles. The maximum atomic E-state index is 5.57. The molecule has 1 spiro atoms.